The number of benzene rings is 4. The van der Waals surface area contributed by atoms with Crippen molar-refractivity contribution in [3.8, 4) is 16.9 Å². The Bertz CT molecular complexity index is 1710. The van der Waals surface area contributed by atoms with Crippen molar-refractivity contribution in [3.05, 3.63) is 95.8 Å². The molecule has 9 heteroatoms. The molecule has 4 aromatic rings. The van der Waals surface area contributed by atoms with Gasteiger partial charge in [0.15, 0.2) is 5.75 Å². The summed E-state index contributed by atoms with van der Waals surface area (Å²) in [5.74, 6) is 7.97. The Labute approximate surface area is 271 Å². The van der Waals surface area contributed by atoms with E-state index in [1.54, 1.807) is 12.1 Å². The molecule has 1 fully saturated rings. The molecule has 4 N–H and O–H groups in total. The molecule has 1 amide bonds. The third-order valence-electron chi connectivity index (χ3n) is 8.31. The van der Waals surface area contributed by atoms with Crippen molar-refractivity contribution in [2.75, 3.05) is 56.2 Å². The van der Waals surface area contributed by atoms with E-state index in [-0.39, 0.29) is 5.41 Å². The van der Waals surface area contributed by atoms with Crippen LogP contribution in [0.2, 0.25) is 0 Å². The van der Waals surface area contributed by atoms with E-state index >= 15 is 0 Å². The normalized spacial score (nSPS) is 14.2. The largest absolute Gasteiger partial charge is 0.492 e. The third-order valence-corrected chi connectivity index (χ3v) is 8.31. The third kappa shape index (κ3) is 7.28. The molecule has 0 bridgehead atoms. The topological polar surface area (TPSA) is 101 Å². The molecule has 0 atom stereocenters. The Morgan fingerprint density at radius 1 is 0.957 bits per heavy atom. The fourth-order valence-electron chi connectivity index (χ4n) is 5.72. The number of hydrazine groups is 1. The number of rotatable bonds is 9. The molecule has 1 aliphatic heterocycles. The van der Waals surface area contributed by atoms with E-state index in [1.807, 2.05) is 31.2 Å². The number of carbonyl (C=O) groups is 1. The van der Waals surface area contributed by atoms with Crippen LogP contribution in [-0.2, 0) is 21.4 Å². The Morgan fingerprint density at radius 3 is 2.22 bits per heavy atom. The molecule has 9 nitrogen and oxygen atoms in total. The molecule has 1 aliphatic rings. The maximum Gasteiger partial charge on any atom is 0.411 e. The molecule has 0 saturated carbocycles. The van der Waals surface area contributed by atoms with E-state index in [0.29, 0.717) is 22.9 Å². The first-order valence-electron chi connectivity index (χ1n) is 15.6. The summed E-state index contributed by atoms with van der Waals surface area (Å²) < 4.78 is 16.1. The van der Waals surface area contributed by atoms with Gasteiger partial charge < -0.3 is 19.5 Å². The van der Waals surface area contributed by atoms with Crippen molar-refractivity contribution in [3.63, 3.8) is 0 Å². The summed E-state index contributed by atoms with van der Waals surface area (Å²) in [6, 6.07) is 25.2. The maximum atomic E-state index is 12.2. The molecule has 4 aromatic carbocycles. The van der Waals surface area contributed by atoms with Gasteiger partial charge in [0.2, 0.25) is 0 Å². The number of nitrogens with two attached hydrogens (primary N) is 1. The van der Waals surface area contributed by atoms with Crippen LogP contribution < -0.4 is 26.2 Å². The van der Waals surface area contributed by atoms with Gasteiger partial charge in [-0.3, -0.25) is 15.2 Å². The van der Waals surface area contributed by atoms with E-state index in [0.717, 1.165) is 66.0 Å². The van der Waals surface area contributed by atoms with Crippen molar-refractivity contribution >= 4 is 33.9 Å². The van der Waals surface area contributed by atoms with Crippen LogP contribution in [0.4, 0.5) is 21.9 Å². The second kappa shape index (κ2) is 14.2. The van der Waals surface area contributed by atoms with Crippen molar-refractivity contribution in [1.29, 1.82) is 0 Å². The van der Waals surface area contributed by atoms with Gasteiger partial charge in [-0.05, 0) is 64.3 Å². The van der Waals surface area contributed by atoms with Gasteiger partial charge in [-0.1, -0.05) is 75.4 Å². The number of nitrogens with one attached hydrogen (secondary N) is 2. The molecule has 242 valence electrons. The number of nitrogens with zero attached hydrogens (tertiary/aromatic N) is 2. The van der Waals surface area contributed by atoms with Gasteiger partial charge in [-0.15, -0.1) is 0 Å². The highest BCUT2D eigenvalue weighted by Crippen LogP contribution is 2.41. The van der Waals surface area contributed by atoms with Crippen molar-refractivity contribution < 1.29 is 19.0 Å². The van der Waals surface area contributed by atoms with Crippen molar-refractivity contribution in [1.82, 2.24) is 4.90 Å². The van der Waals surface area contributed by atoms with E-state index < -0.39 is 6.09 Å². The number of carbonyl (C=O) groups excluding carboxylic acids is 1. The maximum absolute atomic E-state index is 12.2. The molecular formula is C37H45N5O4. The molecule has 0 aliphatic carbocycles. The van der Waals surface area contributed by atoms with Crippen LogP contribution in [-0.4, -0.2) is 51.5 Å². The predicted molar refractivity (Wildman–Crippen MR) is 187 cm³/mol. The van der Waals surface area contributed by atoms with Crippen LogP contribution in [0.15, 0.2) is 84.7 Å². The smallest absolute Gasteiger partial charge is 0.411 e. The zero-order valence-corrected chi connectivity index (χ0v) is 27.6. The highest BCUT2D eigenvalue weighted by molar-refractivity contribution is 6.04. The minimum absolute atomic E-state index is 0.208. The highest BCUT2D eigenvalue weighted by Gasteiger charge is 2.23. The van der Waals surface area contributed by atoms with Gasteiger partial charge in [-0.2, -0.15) is 0 Å². The van der Waals surface area contributed by atoms with Crippen LogP contribution >= 0.6 is 0 Å². The van der Waals surface area contributed by atoms with E-state index in [9.17, 15) is 4.79 Å². The summed E-state index contributed by atoms with van der Waals surface area (Å²) in [4.78, 5) is 14.6. The minimum atomic E-state index is -0.583. The average Bonchev–Trinajstić information content (AvgIpc) is 3.06. The van der Waals surface area contributed by atoms with Crippen LogP contribution in [0.3, 0.4) is 0 Å². The zero-order chi connectivity index (χ0) is 32.8. The lowest BCUT2D eigenvalue weighted by Crippen LogP contribution is -2.35. The Hall–Kier alpha value is -4.57. The zero-order valence-electron chi connectivity index (χ0n) is 27.6. The molecule has 1 heterocycles. The van der Waals surface area contributed by atoms with Gasteiger partial charge in [0.05, 0.1) is 44.5 Å². The lowest BCUT2D eigenvalue weighted by molar-refractivity contribution is 0.0342. The van der Waals surface area contributed by atoms with Crippen molar-refractivity contribution in [2.24, 2.45) is 5.84 Å². The number of anilines is 3. The van der Waals surface area contributed by atoms with E-state index in [4.69, 9.17) is 20.1 Å². The number of hydrogen-bond donors (Lipinski definition) is 3. The molecule has 0 radical (unpaired) electrons. The first kappa shape index (κ1) is 32.8. The number of fused-ring (bicyclic) bond motifs is 1. The summed E-state index contributed by atoms with van der Waals surface area (Å²) in [6.07, 6.45) is 1.33. The summed E-state index contributed by atoms with van der Waals surface area (Å²) >= 11 is 0. The Kier molecular flexibility index (Phi) is 10.2. The molecule has 0 aromatic heterocycles. The number of morpholine rings is 1. The number of allylic oxidation sites excluding steroid dienone is 1. The number of hydrogen-bond acceptors (Lipinski definition) is 8. The molecule has 46 heavy (non-hydrogen) atoms. The second-order valence-electron chi connectivity index (χ2n) is 12.4. The average molecular weight is 624 g/mol. The standard InChI is InChI=1S/C37H45N5O4/c1-7-34(39-31-22-27(37(2,3)4)23-32(35(31)44-5)40-36(43)45-6)42(38)33-17-16-28(29-10-8-9-11-30(29)33)26-14-12-25(13-15-26)24-41-18-20-46-21-19-41/h7-17,22-23,39H,18-21,24,38H2,1-6H3,(H,40,43). The van der Waals surface area contributed by atoms with Crippen molar-refractivity contribution in [2.45, 2.75) is 39.7 Å². The van der Waals surface area contributed by atoms with Gasteiger partial charge in [0, 0.05) is 25.0 Å². The molecule has 5 rings (SSSR count). The SMILES string of the molecule is CC=C(Nc1cc(C(C)(C)C)cc(NC(=O)OC)c1OC)N(N)c1ccc(-c2ccc(CN3CCOCC3)cc2)c2ccccc12. The van der Waals surface area contributed by atoms with Gasteiger partial charge >= 0.3 is 6.09 Å². The molecule has 0 spiro atoms. The summed E-state index contributed by atoms with van der Waals surface area (Å²) in [5.41, 5.74) is 6.35. The van der Waals surface area contributed by atoms with Crippen LogP contribution in [0.25, 0.3) is 21.9 Å². The number of ether oxygens (including phenoxy) is 3. The lowest BCUT2D eigenvalue weighted by Gasteiger charge is -2.28. The van der Waals surface area contributed by atoms with Crippen LogP contribution in [0.1, 0.15) is 38.8 Å². The quantitative estimate of drug-likeness (QED) is 0.130. The predicted octanol–water partition coefficient (Wildman–Crippen LogP) is 7.48. The molecule has 0 unspecified atom stereocenters. The highest BCUT2D eigenvalue weighted by atomic mass is 16.5. The summed E-state index contributed by atoms with van der Waals surface area (Å²) in [7, 11) is 2.90. The molecule has 1 saturated heterocycles. The van der Waals surface area contributed by atoms with Crippen LogP contribution in [0, 0.1) is 0 Å². The summed E-state index contributed by atoms with van der Waals surface area (Å²) in [6.45, 7) is 12.7. The molecular weight excluding hydrogens is 578 g/mol. The van der Waals surface area contributed by atoms with Crippen LogP contribution in [0.5, 0.6) is 5.75 Å². The second-order valence-corrected chi connectivity index (χ2v) is 12.4. The monoisotopic (exact) mass is 623 g/mol. The van der Waals surface area contributed by atoms with Gasteiger partial charge in [0.1, 0.15) is 5.82 Å². The fraction of sp³-hybridized carbons (Fsp3) is 0.324. The first-order valence-corrected chi connectivity index (χ1v) is 15.6. The Balaban J connectivity index is 1.46. The van der Waals surface area contributed by atoms with E-state index in [1.165, 1.54) is 12.7 Å². The summed E-state index contributed by atoms with van der Waals surface area (Å²) in [5, 5.41) is 10.0. The number of amides is 1. The number of methoxy groups -OCH3 is 2. The Morgan fingerprint density at radius 2 is 1.61 bits per heavy atom. The van der Waals surface area contributed by atoms with Gasteiger partial charge in [-0.25, -0.2) is 10.6 Å². The lowest BCUT2D eigenvalue weighted by atomic mass is 9.86. The van der Waals surface area contributed by atoms with Gasteiger partial charge in [0.25, 0.3) is 0 Å². The van der Waals surface area contributed by atoms with E-state index in [2.05, 4.69) is 90.9 Å². The fourth-order valence-corrected chi connectivity index (χ4v) is 5.72. The first-order chi connectivity index (χ1) is 22.1. The minimum Gasteiger partial charge on any atom is -0.492 e.